The Bertz CT molecular complexity index is 532. The smallest absolute Gasteiger partial charge is 0.437 e. The summed E-state index contributed by atoms with van der Waals surface area (Å²) in [5.41, 5.74) is -5.74. The molecule has 0 unspecified atom stereocenters. The third-order valence-electron chi connectivity index (χ3n) is 2.42. The van der Waals surface area contributed by atoms with Crippen LogP contribution in [0.15, 0.2) is 23.0 Å². The lowest BCUT2D eigenvalue weighted by Gasteiger charge is -2.29. The molecule has 6 nitrogen and oxygen atoms in total. The Balaban J connectivity index is 2.59. The van der Waals surface area contributed by atoms with Gasteiger partial charge < -0.3 is 19.0 Å². The molecule has 1 aromatic heterocycles. The van der Waals surface area contributed by atoms with Gasteiger partial charge in [0.1, 0.15) is 19.5 Å². The van der Waals surface area contributed by atoms with E-state index in [0.29, 0.717) is 0 Å². The molecule has 0 atom stereocenters. The molecule has 0 saturated heterocycles. The molecule has 1 rings (SSSR count). The SMILES string of the molecule is O=C(OCCOC(=O)C(O)(C(F)(F)F)C(F)(F)F)c1ccoc1. The maximum atomic E-state index is 12.3. The summed E-state index contributed by atoms with van der Waals surface area (Å²) in [6.45, 7) is -1.96. The number of ether oxygens (including phenoxy) is 2. The van der Waals surface area contributed by atoms with Gasteiger partial charge in [-0.15, -0.1) is 0 Å². The van der Waals surface area contributed by atoms with E-state index in [9.17, 15) is 35.9 Å². The molecule has 23 heavy (non-hydrogen) atoms. The van der Waals surface area contributed by atoms with Crippen molar-refractivity contribution in [3.05, 3.63) is 24.2 Å². The van der Waals surface area contributed by atoms with Crippen molar-refractivity contribution >= 4 is 11.9 Å². The van der Waals surface area contributed by atoms with Gasteiger partial charge in [-0.05, 0) is 6.07 Å². The van der Waals surface area contributed by atoms with E-state index >= 15 is 0 Å². The highest BCUT2D eigenvalue weighted by Crippen LogP contribution is 2.43. The van der Waals surface area contributed by atoms with Crippen molar-refractivity contribution in [2.45, 2.75) is 18.0 Å². The van der Waals surface area contributed by atoms with Gasteiger partial charge >= 0.3 is 29.9 Å². The minimum atomic E-state index is -6.34. The number of furan rings is 1. The molecule has 130 valence electrons. The van der Waals surface area contributed by atoms with E-state index in [-0.39, 0.29) is 5.56 Å². The third-order valence-corrected chi connectivity index (χ3v) is 2.42. The van der Waals surface area contributed by atoms with Gasteiger partial charge in [-0.25, -0.2) is 9.59 Å². The van der Waals surface area contributed by atoms with Crippen LogP contribution in [0.3, 0.4) is 0 Å². The van der Waals surface area contributed by atoms with Gasteiger partial charge in [-0.3, -0.25) is 0 Å². The molecule has 0 aliphatic rings. The lowest BCUT2D eigenvalue weighted by atomic mass is 10.0. The van der Waals surface area contributed by atoms with Crippen molar-refractivity contribution < 1.29 is 54.9 Å². The minimum absolute atomic E-state index is 0.0709. The largest absolute Gasteiger partial charge is 0.472 e. The molecule has 0 bridgehead atoms. The first-order chi connectivity index (χ1) is 10.4. The van der Waals surface area contributed by atoms with E-state index in [2.05, 4.69) is 13.9 Å². The van der Waals surface area contributed by atoms with Crippen molar-refractivity contribution in [2.75, 3.05) is 13.2 Å². The summed E-state index contributed by atoms with van der Waals surface area (Å²) in [6.07, 6.45) is -10.6. The lowest BCUT2D eigenvalue weighted by molar-refractivity contribution is -0.357. The Morgan fingerprint density at radius 3 is 2.00 bits per heavy atom. The second-order valence-corrected chi connectivity index (χ2v) is 3.99. The summed E-state index contributed by atoms with van der Waals surface area (Å²) in [7, 11) is 0. The zero-order valence-corrected chi connectivity index (χ0v) is 10.9. The molecular formula is C11H8F6O6. The Kier molecular flexibility index (Phi) is 5.30. The molecule has 0 radical (unpaired) electrons. The second-order valence-electron chi connectivity index (χ2n) is 3.99. The number of halogens is 6. The molecule has 0 spiro atoms. The average molecular weight is 350 g/mol. The van der Waals surface area contributed by atoms with E-state index < -0.39 is 43.1 Å². The van der Waals surface area contributed by atoms with Crippen LogP contribution >= 0.6 is 0 Å². The summed E-state index contributed by atoms with van der Waals surface area (Å²) in [5.74, 6) is -3.98. The maximum absolute atomic E-state index is 12.3. The van der Waals surface area contributed by atoms with Crippen LogP contribution in [0.1, 0.15) is 10.4 Å². The van der Waals surface area contributed by atoms with Crippen molar-refractivity contribution in [2.24, 2.45) is 0 Å². The maximum Gasteiger partial charge on any atom is 0.437 e. The number of hydrogen-bond acceptors (Lipinski definition) is 6. The van der Waals surface area contributed by atoms with Gasteiger partial charge in [0.15, 0.2) is 0 Å². The minimum Gasteiger partial charge on any atom is -0.472 e. The topological polar surface area (TPSA) is 86.0 Å². The summed E-state index contributed by atoms with van der Waals surface area (Å²) >= 11 is 0. The van der Waals surface area contributed by atoms with Crippen molar-refractivity contribution in [3.8, 4) is 0 Å². The van der Waals surface area contributed by atoms with Gasteiger partial charge in [0.2, 0.25) is 0 Å². The average Bonchev–Trinajstić information content (AvgIpc) is 2.93. The van der Waals surface area contributed by atoms with Gasteiger partial charge in [-0.2, -0.15) is 26.3 Å². The summed E-state index contributed by atoms with van der Waals surface area (Å²) in [6, 6.07) is 1.18. The van der Waals surface area contributed by atoms with Gasteiger partial charge in [-0.1, -0.05) is 0 Å². The monoisotopic (exact) mass is 350 g/mol. The van der Waals surface area contributed by atoms with Crippen LogP contribution in [0.4, 0.5) is 26.3 Å². The number of aliphatic hydroxyl groups is 1. The molecule has 0 aliphatic heterocycles. The molecule has 12 heteroatoms. The van der Waals surface area contributed by atoms with Crippen LogP contribution in [-0.4, -0.2) is 48.2 Å². The third kappa shape index (κ3) is 3.94. The summed E-state index contributed by atoms with van der Waals surface area (Å²) < 4.78 is 86.5. The van der Waals surface area contributed by atoms with E-state index in [1.165, 1.54) is 6.07 Å². The molecule has 0 amide bonds. The van der Waals surface area contributed by atoms with E-state index in [4.69, 9.17) is 5.11 Å². The molecule has 1 heterocycles. The first-order valence-corrected chi connectivity index (χ1v) is 5.63. The highest BCUT2D eigenvalue weighted by molar-refractivity contribution is 5.88. The molecular weight excluding hydrogens is 342 g/mol. The molecule has 1 aromatic rings. The number of carbonyl (C=O) groups excluding carboxylic acids is 2. The van der Waals surface area contributed by atoms with Crippen LogP contribution in [0, 0.1) is 0 Å². The lowest BCUT2D eigenvalue weighted by Crippen LogP contribution is -2.63. The van der Waals surface area contributed by atoms with Crippen LogP contribution in [-0.2, 0) is 14.3 Å². The molecule has 0 aliphatic carbocycles. The highest BCUT2D eigenvalue weighted by atomic mass is 19.4. The fourth-order valence-corrected chi connectivity index (χ4v) is 1.23. The fourth-order valence-electron chi connectivity index (χ4n) is 1.23. The predicted octanol–water partition coefficient (Wildman–Crippen LogP) is 1.84. The zero-order chi connectivity index (χ0) is 17.9. The fraction of sp³-hybridized carbons (Fsp3) is 0.455. The summed E-state index contributed by atoms with van der Waals surface area (Å²) in [4.78, 5) is 22.2. The van der Waals surface area contributed by atoms with Crippen LogP contribution < -0.4 is 0 Å². The Hall–Kier alpha value is -2.24. The first-order valence-electron chi connectivity index (χ1n) is 5.63. The first kappa shape index (κ1) is 18.8. The van der Waals surface area contributed by atoms with Crippen molar-refractivity contribution in [1.29, 1.82) is 0 Å². The number of alkyl halides is 6. The molecule has 0 fully saturated rings. The Morgan fingerprint density at radius 2 is 1.57 bits per heavy atom. The second kappa shape index (κ2) is 6.48. The molecule has 0 aromatic carbocycles. The number of carbonyl (C=O) groups is 2. The number of esters is 2. The number of hydrogen-bond donors (Lipinski definition) is 1. The number of rotatable bonds is 5. The van der Waals surface area contributed by atoms with E-state index in [1.807, 2.05) is 0 Å². The van der Waals surface area contributed by atoms with E-state index in [1.54, 1.807) is 0 Å². The Morgan fingerprint density at radius 1 is 1.04 bits per heavy atom. The van der Waals surface area contributed by atoms with Gasteiger partial charge in [0, 0.05) is 0 Å². The van der Waals surface area contributed by atoms with Crippen molar-refractivity contribution in [1.82, 2.24) is 0 Å². The predicted molar refractivity (Wildman–Crippen MR) is 57.0 cm³/mol. The molecule has 1 N–H and O–H groups in total. The highest BCUT2D eigenvalue weighted by Gasteiger charge is 2.76. The Labute approximate surface area is 123 Å². The van der Waals surface area contributed by atoms with Gasteiger partial charge in [0.05, 0.1) is 11.8 Å². The van der Waals surface area contributed by atoms with E-state index in [0.717, 1.165) is 12.5 Å². The quantitative estimate of drug-likeness (QED) is 0.495. The van der Waals surface area contributed by atoms with Crippen LogP contribution in [0.5, 0.6) is 0 Å². The standard InChI is InChI=1S/C11H8F6O6/c12-10(13,14)9(20,11(15,16)17)8(19)23-4-3-22-7(18)6-1-2-21-5-6/h1-2,5,20H,3-4H2. The summed E-state index contributed by atoms with van der Waals surface area (Å²) in [5, 5.41) is 8.67. The van der Waals surface area contributed by atoms with Crippen molar-refractivity contribution in [3.63, 3.8) is 0 Å². The van der Waals surface area contributed by atoms with Gasteiger partial charge in [0.25, 0.3) is 0 Å². The normalized spacial score (nSPS) is 12.8. The zero-order valence-electron chi connectivity index (χ0n) is 10.9. The van der Waals surface area contributed by atoms with Crippen LogP contribution in [0.25, 0.3) is 0 Å². The molecule has 0 saturated carbocycles. The van der Waals surface area contributed by atoms with Crippen LogP contribution in [0.2, 0.25) is 0 Å².